The van der Waals surface area contributed by atoms with Gasteiger partial charge in [-0.15, -0.1) is 0 Å². The SMILES string of the molecule is COc1cc(C)c(CN(C)C(=O)CCCc2ccc(Cl)cc2)cc1OC. The summed E-state index contributed by atoms with van der Waals surface area (Å²) in [6, 6.07) is 11.6. The highest BCUT2D eigenvalue weighted by Gasteiger charge is 2.13. The summed E-state index contributed by atoms with van der Waals surface area (Å²) in [4.78, 5) is 14.2. The average Bonchev–Trinajstić information content (AvgIpc) is 2.64. The topological polar surface area (TPSA) is 38.8 Å². The van der Waals surface area contributed by atoms with Crippen LogP contribution in [0.15, 0.2) is 36.4 Å². The lowest BCUT2D eigenvalue weighted by Gasteiger charge is -2.20. The third-order valence-electron chi connectivity index (χ3n) is 4.44. The van der Waals surface area contributed by atoms with Gasteiger partial charge >= 0.3 is 0 Å². The Morgan fingerprint density at radius 2 is 1.69 bits per heavy atom. The van der Waals surface area contributed by atoms with Gasteiger partial charge in [0.05, 0.1) is 14.2 Å². The quantitative estimate of drug-likeness (QED) is 0.674. The molecule has 0 fully saturated rings. The van der Waals surface area contributed by atoms with Crippen LogP contribution in [0.2, 0.25) is 5.02 Å². The highest BCUT2D eigenvalue weighted by molar-refractivity contribution is 6.30. The molecule has 0 aliphatic carbocycles. The highest BCUT2D eigenvalue weighted by atomic mass is 35.5. The first-order chi connectivity index (χ1) is 12.4. The van der Waals surface area contributed by atoms with E-state index in [4.69, 9.17) is 21.1 Å². The molecule has 2 aromatic carbocycles. The maximum Gasteiger partial charge on any atom is 0.222 e. The summed E-state index contributed by atoms with van der Waals surface area (Å²) in [7, 11) is 5.07. The molecule has 0 aliphatic rings. The fourth-order valence-electron chi connectivity index (χ4n) is 2.82. The van der Waals surface area contributed by atoms with Crippen molar-refractivity contribution in [3.8, 4) is 11.5 Å². The van der Waals surface area contributed by atoms with Crippen LogP contribution in [0.1, 0.15) is 29.5 Å². The summed E-state index contributed by atoms with van der Waals surface area (Å²) in [6.07, 6.45) is 2.20. The number of hydrogen-bond acceptors (Lipinski definition) is 3. The molecule has 1 amide bonds. The number of ether oxygens (including phenoxy) is 2. The van der Waals surface area contributed by atoms with E-state index in [1.807, 2.05) is 50.4 Å². The first-order valence-corrected chi connectivity index (χ1v) is 9.02. The molecular formula is C21H26ClNO3. The molecule has 0 spiro atoms. The van der Waals surface area contributed by atoms with E-state index in [1.54, 1.807) is 19.1 Å². The zero-order valence-corrected chi connectivity index (χ0v) is 16.6. The minimum absolute atomic E-state index is 0.133. The number of benzene rings is 2. The number of amides is 1. The second kappa shape index (κ2) is 9.48. The van der Waals surface area contributed by atoms with Crippen molar-refractivity contribution < 1.29 is 14.3 Å². The molecule has 0 bridgehead atoms. The Labute approximate surface area is 160 Å². The van der Waals surface area contributed by atoms with E-state index >= 15 is 0 Å². The van der Waals surface area contributed by atoms with Gasteiger partial charge in [0.1, 0.15) is 0 Å². The molecular weight excluding hydrogens is 350 g/mol. The summed E-state index contributed by atoms with van der Waals surface area (Å²) in [5.74, 6) is 1.51. The largest absolute Gasteiger partial charge is 0.493 e. The predicted molar refractivity (Wildman–Crippen MR) is 105 cm³/mol. The van der Waals surface area contributed by atoms with Gasteiger partial charge in [-0.2, -0.15) is 0 Å². The Balaban J connectivity index is 1.91. The van der Waals surface area contributed by atoms with Crippen molar-refractivity contribution >= 4 is 17.5 Å². The monoisotopic (exact) mass is 375 g/mol. The van der Waals surface area contributed by atoms with E-state index in [9.17, 15) is 4.79 Å². The summed E-state index contributed by atoms with van der Waals surface area (Å²) >= 11 is 5.89. The van der Waals surface area contributed by atoms with E-state index in [0.29, 0.717) is 24.5 Å². The van der Waals surface area contributed by atoms with Gasteiger partial charge < -0.3 is 14.4 Å². The van der Waals surface area contributed by atoms with Crippen LogP contribution in [0.5, 0.6) is 11.5 Å². The molecule has 2 rings (SSSR count). The Kier molecular flexibility index (Phi) is 7.34. The van der Waals surface area contributed by atoms with Crippen molar-refractivity contribution in [2.24, 2.45) is 0 Å². The van der Waals surface area contributed by atoms with Crippen LogP contribution >= 0.6 is 11.6 Å². The van der Waals surface area contributed by atoms with Crippen molar-refractivity contribution in [1.29, 1.82) is 0 Å². The minimum Gasteiger partial charge on any atom is -0.493 e. The number of halogens is 1. The Morgan fingerprint density at radius 1 is 1.08 bits per heavy atom. The predicted octanol–water partition coefficient (Wildman–Crippen LogP) is 4.65. The van der Waals surface area contributed by atoms with Crippen LogP contribution < -0.4 is 9.47 Å². The number of methoxy groups -OCH3 is 2. The number of aryl methyl sites for hydroxylation is 2. The molecule has 140 valence electrons. The smallest absolute Gasteiger partial charge is 0.222 e. The minimum atomic E-state index is 0.133. The van der Waals surface area contributed by atoms with E-state index in [1.165, 1.54) is 5.56 Å². The van der Waals surface area contributed by atoms with Crippen molar-refractivity contribution in [2.45, 2.75) is 32.7 Å². The average molecular weight is 376 g/mol. The van der Waals surface area contributed by atoms with Crippen LogP contribution in [0.3, 0.4) is 0 Å². The van der Waals surface area contributed by atoms with Gasteiger partial charge in [-0.1, -0.05) is 23.7 Å². The third-order valence-corrected chi connectivity index (χ3v) is 4.70. The fourth-order valence-corrected chi connectivity index (χ4v) is 2.95. The molecule has 0 saturated heterocycles. The first-order valence-electron chi connectivity index (χ1n) is 8.64. The van der Waals surface area contributed by atoms with Crippen molar-refractivity contribution in [1.82, 2.24) is 4.90 Å². The first kappa shape index (κ1) is 20.1. The van der Waals surface area contributed by atoms with Crippen LogP contribution in [0.4, 0.5) is 0 Å². The molecule has 2 aromatic rings. The highest BCUT2D eigenvalue weighted by Crippen LogP contribution is 2.30. The summed E-state index contributed by atoms with van der Waals surface area (Å²) in [6.45, 7) is 2.56. The zero-order chi connectivity index (χ0) is 19.1. The molecule has 26 heavy (non-hydrogen) atoms. The number of hydrogen-bond donors (Lipinski definition) is 0. The molecule has 0 radical (unpaired) electrons. The van der Waals surface area contributed by atoms with Crippen LogP contribution in [-0.4, -0.2) is 32.1 Å². The van der Waals surface area contributed by atoms with Gasteiger partial charge in [0, 0.05) is 25.0 Å². The van der Waals surface area contributed by atoms with Crippen LogP contribution in [-0.2, 0) is 17.8 Å². The van der Waals surface area contributed by atoms with E-state index in [-0.39, 0.29) is 5.91 Å². The maximum atomic E-state index is 12.4. The van der Waals surface area contributed by atoms with Gasteiger partial charge in [-0.3, -0.25) is 4.79 Å². The number of nitrogens with zero attached hydrogens (tertiary/aromatic N) is 1. The molecule has 5 heteroatoms. The van der Waals surface area contributed by atoms with Gasteiger partial charge in [0.25, 0.3) is 0 Å². The Bertz CT molecular complexity index is 744. The molecule has 0 saturated carbocycles. The van der Waals surface area contributed by atoms with Crippen LogP contribution in [0.25, 0.3) is 0 Å². The van der Waals surface area contributed by atoms with E-state index in [2.05, 4.69) is 0 Å². The Hall–Kier alpha value is -2.20. The zero-order valence-electron chi connectivity index (χ0n) is 15.8. The lowest BCUT2D eigenvalue weighted by molar-refractivity contribution is -0.130. The van der Waals surface area contributed by atoms with Gasteiger partial charge in [-0.25, -0.2) is 0 Å². The second-order valence-electron chi connectivity index (χ2n) is 6.36. The lowest BCUT2D eigenvalue weighted by atomic mass is 10.1. The summed E-state index contributed by atoms with van der Waals surface area (Å²) in [5, 5.41) is 0.731. The molecule has 4 nitrogen and oxygen atoms in total. The number of carbonyl (C=O) groups excluding carboxylic acids is 1. The maximum absolute atomic E-state index is 12.4. The molecule has 0 atom stereocenters. The summed E-state index contributed by atoms with van der Waals surface area (Å²) in [5.41, 5.74) is 3.32. The van der Waals surface area contributed by atoms with Crippen molar-refractivity contribution in [3.05, 3.63) is 58.1 Å². The molecule has 0 N–H and O–H groups in total. The van der Waals surface area contributed by atoms with Gasteiger partial charge in [0.15, 0.2) is 11.5 Å². The molecule has 0 unspecified atom stereocenters. The van der Waals surface area contributed by atoms with Crippen LogP contribution in [0, 0.1) is 6.92 Å². The van der Waals surface area contributed by atoms with Gasteiger partial charge in [0.2, 0.25) is 5.91 Å². The standard InChI is InChI=1S/C21H26ClNO3/c1-15-12-19(25-3)20(26-4)13-17(15)14-23(2)21(24)7-5-6-16-8-10-18(22)11-9-16/h8-13H,5-7,14H2,1-4H3. The van der Waals surface area contributed by atoms with Gasteiger partial charge in [-0.05, 0) is 60.7 Å². The summed E-state index contributed by atoms with van der Waals surface area (Å²) < 4.78 is 10.7. The third kappa shape index (κ3) is 5.40. The van der Waals surface area contributed by atoms with E-state index < -0.39 is 0 Å². The van der Waals surface area contributed by atoms with E-state index in [0.717, 1.165) is 29.0 Å². The van der Waals surface area contributed by atoms with Crippen molar-refractivity contribution in [3.63, 3.8) is 0 Å². The number of rotatable bonds is 8. The number of carbonyl (C=O) groups is 1. The Morgan fingerprint density at radius 3 is 2.31 bits per heavy atom. The lowest BCUT2D eigenvalue weighted by Crippen LogP contribution is -2.26. The normalized spacial score (nSPS) is 10.5. The molecule has 0 aromatic heterocycles. The molecule has 0 heterocycles. The molecule has 0 aliphatic heterocycles. The fraction of sp³-hybridized carbons (Fsp3) is 0.381. The second-order valence-corrected chi connectivity index (χ2v) is 6.80. The van der Waals surface area contributed by atoms with Crippen molar-refractivity contribution in [2.75, 3.05) is 21.3 Å².